The van der Waals surface area contributed by atoms with E-state index in [-0.39, 0.29) is 11.0 Å². The van der Waals surface area contributed by atoms with Crippen LogP contribution in [0.5, 0.6) is 5.75 Å². The Labute approximate surface area is 222 Å². The number of aromatic carboxylic acids is 1. The van der Waals surface area contributed by atoms with E-state index in [9.17, 15) is 15.0 Å². The van der Waals surface area contributed by atoms with Crippen molar-refractivity contribution in [1.82, 2.24) is 9.88 Å². The van der Waals surface area contributed by atoms with Crippen LogP contribution in [0.2, 0.25) is 5.02 Å². The first-order chi connectivity index (χ1) is 17.7. The lowest BCUT2D eigenvalue weighted by atomic mass is 9.66. The van der Waals surface area contributed by atoms with Crippen molar-refractivity contribution in [1.29, 1.82) is 0 Å². The molecule has 2 aliphatic rings. The number of pyridine rings is 1. The number of aliphatic hydroxyl groups is 1. The van der Waals surface area contributed by atoms with Gasteiger partial charge in [-0.25, -0.2) is 4.79 Å². The van der Waals surface area contributed by atoms with Crippen LogP contribution in [-0.2, 0) is 12.2 Å². The standard InChI is InChI=1S/C30H31ClN2O4/c1-29(2)19-33(16-13-30(29,36)21-8-10-22(31)11-9-21)15-4-6-23-24-5-3-14-32-26(24)18-37-27-12-7-20(28(34)35)17-25(23)27/h3,5-12,14,17,36H,4,13,15-16,18-19H2,1-2H3,(H,34,35)/b23-6-/t30-/m0/s1. The smallest absolute Gasteiger partial charge is 0.335 e. The van der Waals surface area contributed by atoms with Crippen LogP contribution in [0, 0.1) is 5.41 Å². The van der Waals surface area contributed by atoms with Gasteiger partial charge >= 0.3 is 5.97 Å². The summed E-state index contributed by atoms with van der Waals surface area (Å²) in [6.07, 6.45) is 5.29. The first kappa shape index (κ1) is 25.5. The fourth-order valence-corrected chi connectivity index (χ4v) is 5.70. The van der Waals surface area contributed by atoms with E-state index in [1.807, 2.05) is 36.4 Å². The number of aromatic nitrogens is 1. The van der Waals surface area contributed by atoms with Crippen LogP contribution in [0.4, 0.5) is 0 Å². The third kappa shape index (κ3) is 4.89. The van der Waals surface area contributed by atoms with Crippen LogP contribution in [-0.4, -0.2) is 45.7 Å². The minimum atomic E-state index is -0.971. The molecule has 0 bridgehead atoms. The number of carboxylic acids is 1. The molecule has 2 aliphatic heterocycles. The highest BCUT2D eigenvalue weighted by atomic mass is 35.5. The Hall–Kier alpha value is -3.19. The third-order valence-electron chi connectivity index (χ3n) is 7.71. The molecule has 1 saturated heterocycles. The number of benzene rings is 2. The summed E-state index contributed by atoms with van der Waals surface area (Å²) in [5.74, 6) is -0.317. The summed E-state index contributed by atoms with van der Waals surface area (Å²) in [5.41, 5.74) is 3.32. The Morgan fingerprint density at radius 1 is 1.16 bits per heavy atom. The molecule has 2 aromatic carbocycles. The van der Waals surface area contributed by atoms with Crippen molar-refractivity contribution in [2.75, 3.05) is 19.6 Å². The molecule has 1 fully saturated rings. The van der Waals surface area contributed by atoms with Gasteiger partial charge in [0.05, 0.1) is 16.9 Å². The molecule has 1 atom stereocenters. The lowest BCUT2D eigenvalue weighted by Gasteiger charge is -2.50. The highest BCUT2D eigenvalue weighted by Crippen LogP contribution is 2.46. The van der Waals surface area contributed by atoms with E-state index in [2.05, 4.69) is 29.8 Å². The first-order valence-corrected chi connectivity index (χ1v) is 12.9. The topological polar surface area (TPSA) is 82.9 Å². The van der Waals surface area contributed by atoms with Crippen LogP contribution in [0.15, 0.2) is 66.9 Å². The van der Waals surface area contributed by atoms with Gasteiger partial charge in [-0.05, 0) is 60.4 Å². The van der Waals surface area contributed by atoms with E-state index in [1.165, 1.54) is 0 Å². The molecular formula is C30H31ClN2O4. The Bertz CT molecular complexity index is 1350. The second-order valence-electron chi connectivity index (χ2n) is 10.5. The Morgan fingerprint density at radius 2 is 1.95 bits per heavy atom. The normalized spacial score (nSPS) is 22.0. The highest BCUT2D eigenvalue weighted by molar-refractivity contribution is 6.30. The van der Waals surface area contributed by atoms with E-state index in [4.69, 9.17) is 16.3 Å². The second kappa shape index (κ2) is 9.93. The average molecular weight is 519 g/mol. The molecule has 0 unspecified atom stereocenters. The third-order valence-corrected chi connectivity index (χ3v) is 7.96. The molecule has 0 aliphatic carbocycles. The zero-order valence-corrected chi connectivity index (χ0v) is 21.8. The fourth-order valence-electron chi connectivity index (χ4n) is 5.58. The van der Waals surface area contributed by atoms with Crippen LogP contribution >= 0.6 is 11.6 Å². The Balaban J connectivity index is 1.38. The molecule has 3 aromatic rings. The maximum absolute atomic E-state index is 11.7. The SMILES string of the molecule is CC1(C)CN(CC/C=C2\c3cc(C(=O)O)ccc3OCc3ncccc32)CC[C@]1(O)c1ccc(Cl)cc1. The van der Waals surface area contributed by atoms with E-state index in [0.29, 0.717) is 23.8 Å². The second-order valence-corrected chi connectivity index (χ2v) is 10.9. The Kier molecular flexibility index (Phi) is 6.84. The minimum absolute atomic E-state index is 0.222. The van der Waals surface area contributed by atoms with Crippen molar-refractivity contribution in [3.05, 3.63) is 99.8 Å². The molecule has 37 heavy (non-hydrogen) atoms. The number of rotatable bonds is 5. The molecule has 0 saturated carbocycles. The van der Waals surface area contributed by atoms with Gasteiger partial charge < -0.3 is 19.8 Å². The number of nitrogens with zero attached hydrogens (tertiary/aromatic N) is 2. The summed E-state index contributed by atoms with van der Waals surface area (Å²) < 4.78 is 5.99. The van der Waals surface area contributed by atoms with Gasteiger partial charge in [-0.15, -0.1) is 0 Å². The monoisotopic (exact) mass is 518 g/mol. The zero-order valence-electron chi connectivity index (χ0n) is 21.1. The van der Waals surface area contributed by atoms with Crippen molar-refractivity contribution in [2.24, 2.45) is 5.41 Å². The summed E-state index contributed by atoms with van der Waals surface area (Å²) in [7, 11) is 0. The van der Waals surface area contributed by atoms with Crippen LogP contribution in [0.25, 0.3) is 5.57 Å². The van der Waals surface area contributed by atoms with Gasteiger partial charge in [0, 0.05) is 47.4 Å². The molecule has 0 radical (unpaired) electrons. The van der Waals surface area contributed by atoms with Crippen molar-refractivity contribution < 1.29 is 19.7 Å². The number of hydrogen-bond donors (Lipinski definition) is 2. The molecule has 0 spiro atoms. The van der Waals surface area contributed by atoms with Crippen LogP contribution < -0.4 is 4.74 Å². The van der Waals surface area contributed by atoms with Gasteiger partial charge in [-0.3, -0.25) is 4.98 Å². The number of carboxylic acid groups (broad SMARTS) is 1. The summed E-state index contributed by atoms with van der Waals surface area (Å²) in [4.78, 5) is 18.6. The summed E-state index contributed by atoms with van der Waals surface area (Å²) >= 11 is 6.07. The van der Waals surface area contributed by atoms with Gasteiger partial charge in [0.25, 0.3) is 0 Å². The van der Waals surface area contributed by atoms with E-state index in [1.54, 1.807) is 24.4 Å². The number of ether oxygens (including phenoxy) is 1. The molecule has 7 heteroatoms. The molecule has 6 nitrogen and oxygen atoms in total. The first-order valence-electron chi connectivity index (χ1n) is 12.5. The molecule has 192 valence electrons. The van der Waals surface area contributed by atoms with Gasteiger partial charge in [-0.1, -0.05) is 49.7 Å². The summed E-state index contributed by atoms with van der Waals surface area (Å²) in [6.45, 7) is 6.88. The molecular weight excluding hydrogens is 488 g/mol. The zero-order chi connectivity index (χ0) is 26.2. The molecule has 0 amide bonds. The van der Waals surface area contributed by atoms with Crippen molar-refractivity contribution in [3.63, 3.8) is 0 Å². The molecule has 3 heterocycles. The maximum Gasteiger partial charge on any atom is 0.335 e. The molecule has 1 aromatic heterocycles. The van der Waals surface area contributed by atoms with Gasteiger partial charge in [-0.2, -0.15) is 0 Å². The molecule has 2 N–H and O–H groups in total. The predicted molar refractivity (Wildman–Crippen MR) is 144 cm³/mol. The summed E-state index contributed by atoms with van der Waals surface area (Å²) in [5, 5.41) is 21.9. The van der Waals surface area contributed by atoms with Crippen molar-refractivity contribution in [3.8, 4) is 5.75 Å². The quantitative estimate of drug-likeness (QED) is 0.446. The van der Waals surface area contributed by atoms with Gasteiger partial charge in [0.1, 0.15) is 12.4 Å². The molecule has 5 rings (SSSR count). The number of halogens is 1. The fraction of sp³-hybridized carbons (Fsp3) is 0.333. The average Bonchev–Trinajstić information content (AvgIpc) is 3.03. The number of carbonyl (C=O) groups is 1. The minimum Gasteiger partial charge on any atom is -0.487 e. The van der Waals surface area contributed by atoms with E-state index < -0.39 is 11.6 Å². The van der Waals surface area contributed by atoms with Crippen LogP contribution in [0.3, 0.4) is 0 Å². The lowest BCUT2D eigenvalue weighted by Crippen LogP contribution is -2.55. The van der Waals surface area contributed by atoms with Gasteiger partial charge in [0.2, 0.25) is 0 Å². The van der Waals surface area contributed by atoms with Crippen molar-refractivity contribution >= 4 is 23.1 Å². The van der Waals surface area contributed by atoms with Crippen LogP contribution in [0.1, 0.15) is 59.4 Å². The lowest BCUT2D eigenvalue weighted by molar-refractivity contribution is -0.125. The van der Waals surface area contributed by atoms with E-state index in [0.717, 1.165) is 54.0 Å². The number of hydrogen-bond acceptors (Lipinski definition) is 5. The largest absolute Gasteiger partial charge is 0.487 e. The summed E-state index contributed by atoms with van der Waals surface area (Å²) in [6, 6.07) is 16.4. The number of fused-ring (bicyclic) bond motifs is 2. The van der Waals surface area contributed by atoms with Crippen molar-refractivity contribution in [2.45, 2.75) is 38.9 Å². The predicted octanol–water partition coefficient (Wildman–Crippen LogP) is 5.77. The Morgan fingerprint density at radius 3 is 2.68 bits per heavy atom. The number of likely N-dealkylation sites (tertiary alicyclic amines) is 1. The number of piperidine rings is 1. The maximum atomic E-state index is 11.7. The van der Waals surface area contributed by atoms with E-state index >= 15 is 0 Å². The highest BCUT2D eigenvalue weighted by Gasteiger charge is 2.48. The van der Waals surface area contributed by atoms with Gasteiger partial charge in [0.15, 0.2) is 0 Å².